The minimum atomic E-state index is -1.16. The number of nitrogens with zero attached hydrogens (tertiary/aromatic N) is 2. The van der Waals surface area contributed by atoms with Crippen LogP contribution < -0.4 is 10.6 Å². The van der Waals surface area contributed by atoms with Crippen LogP contribution in [0.2, 0.25) is 0 Å². The van der Waals surface area contributed by atoms with Crippen molar-refractivity contribution in [2.24, 2.45) is 0 Å². The first-order valence-electron chi connectivity index (χ1n) is 9.49. The lowest BCUT2D eigenvalue weighted by atomic mass is 9.84. The van der Waals surface area contributed by atoms with Crippen LogP contribution in [0.1, 0.15) is 51.0 Å². The van der Waals surface area contributed by atoms with Crippen LogP contribution in [0.3, 0.4) is 0 Å². The fourth-order valence-electron chi connectivity index (χ4n) is 3.24. The second kappa shape index (κ2) is 7.35. The summed E-state index contributed by atoms with van der Waals surface area (Å²) in [4.78, 5) is 38.6. The van der Waals surface area contributed by atoms with E-state index in [0.29, 0.717) is 17.1 Å². The predicted octanol–water partition coefficient (Wildman–Crippen LogP) is 3.08. The Labute approximate surface area is 169 Å². The molecule has 1 saturated heterocycles. The van der Waals surface area contributed by atoms with Gasteiger partial charge in [0.2, 0.25) is 5.91 Å². The van der Waals surface area contributed by atoms with Crippen LogP contribution in [-0.2, 0) is 20.5 Å². The van der Waals surface area contributed by atoms with Crippen LogP contribution in [0.5, 0.6) is 0 Å². The Morgan fingerprint density at radius 2 is 1.90 bits per heavy atom. The number of carbonyl (C=O) groups is 3. The molecule has 8 heteroatoms. The largest absolute Gasteiger partial charge is 0.360 e. The molecule has 1 atom stereocenters. The molecule has 4 amide bonds. The van der Waals surface area contributed by atoms with E-state index in [9.17, 15) is 14.4 Å². The SMILES string of the molecule is Cc1cc(NC(=O)CCN2C(=O)NC(C)(c3ccc(C(C)(C)C)cc3)C2=O)no1. The molecule has 2 aromatic rings. The zero-order valence-corrected chi connectivity index (χ0v) is 17.3. The van der Waals surface area contributed by atoms with Gasteiger partial charge in [-0.15, -0.1) is 0 Å². The zero-order chi connectivity index (χ0) is 21.4. The summed E-state index contributed by atoms with van der Waals surface area (Å²) in [6.45, 7) is 9.70. The van der Waals surface area contributed by atoms with Crippen molar-refractivity contribution in [3.8, 4) is 0 Å². The summed E-state index contributed by atoms with van der Waals surface area (Å²) in [7, 11) is 0. The summed E-state index contributed by atoms with van der Waals surface area (Å²) in [6, 6.07) is 8.74. The Balaban J connectivity index is 1.67. The predicted molar refractivity (Wildman–Crippen MR) is 107 cm³/mol. The number of benzene rings is 1. The number of hydrogen-bond acceptors (Lipinski definition) is 5. The van der Waals surface area contributed by atoms with Crippen molar-refractivity contribution in [2.45, 2.75) is 52.0 Å². The van der Waals surface area contributed by atoms with Gasteiger partial charge in [0, 0.05) is 19.0 Å². The lowest BCUT2D eigenvalue weighted by molar-refractivity contribution is -0.131. The molecule has 2 heterocycles. The van der Waals surface area contributed by atoms with Gasteiger partial charge in [-0.3, -0.25) is 14.5 Å². The van der Waals surface area contributed by atoms with E-state index in [1.54, 1.807) is 19.9 Å². The lowest BCUT2D eigenvalue weighted by Crippen LogP contribution is -2.41. The van der Waals surface area contributed by atoms with Crippen molar-refractivity contribution in [3.63, 3.8) is 0 Å². The van der Waals surface area contributed by atoms with E-state index < -0.39 is 11.6 Å². The van der Waals surface area contributed by atoms with E-state index in [4.69, 9.17) is 4.52 Å². The highest BCUT2D eigenvalue weighted by atomic mass is 16.5. The fourth-order valence-corrected chi connectivity index (χ4v) is 3.24. The number of imide groups is 1. The van der Waals surface area contributed by atoms with Crippen molar-refractivity contribution in [1.29, 1.82) is 0 Å². The molecule has 154 valence electrons. The van der Waals surface area contributed by atoms with E-state index in [0.717, 1.165) is 10.5 Å². The summed E-state index contributed by atoms with van der Waals surface area (Å²) in [5, 5.41) is 9.02. The summed E-state index contributed by atoms with van der Waals surface area (Å²) < 4.78 is 4.89. The topological polar surface area (TPSA) is 105 Å². The van der Waals surface area contributed by atoms with E-state index >= 15 is 0 Å². The second-order valence-corrected chi connectivity index (χ2v) is 8.46. The molecule has 0 radical (unpaired) electrons. The molecule has 1 aliphatic rings. The first kappa shape index (κ1) is 20.6. The highest BCUT2D eigenvalue weighted by Crippen LogP contribution is 2.31. The normalized spacial score (nSPS) is 19.4. The first-order valence-corrected chi connectivity index (χ1v) is 9.49. The molecule has 1 unspecified atom stereocenters. The molecular formula is C21H26N4O4. The lowest BCUT2D eigenvalue weighted by Gasteiger charge is -2.24. The molecule has 1 aromatic heterocycles. The Morgan fingerprint density at radius 3 is 2.45 bits per heavy atom. The minimum absolute atomic E-state index is 0.00977. The van der Waals surface area contributed by atoms with Crippen LogP contribution in [0.15, 0.2) is 34.9 Å². The molecule has 1 aliphatic heterocycles. The monoisotopic (exact) mass is 398 g/mol. The van der Waals surface area contributed by atoms with Crippen LogP contribution >= 0.6 is 0 Å². The van der Waals surface area contributed by atoms with Gasteiger partial charge in [0.05, 0.1) is 0 Å². The van der Waals surface area contributed by atoms with Crippen molar-refractivity contribution in [1.82, 2.24) is 15.4 Å². The Hall–Kier alpha value is -3.16. The maximum atomic E-state index is 13.0. The Morgan fingerprint density at radius 1 is 1.24 bits per heavy atom. The van der Waals surface area contributed by atoms with Crippen LogP contribution in [-0.4, -0.2) is 34.4 Å². The van der Waals surface area contributed by atoms with Gasteiger partial charge >= 0.3 is 6.03 Å². The van der Waals surface area contributed by atoms with E-state index in [-0.39, 0.29) is 30.2 Å². The molecule has 0 bridgehead atoms. The molecule has 8 nitrogen and oxygen atoms in total. The Bertz CT molecular complexity index is 942. The second-order valence-electron chi connectivity index (χ2n) is 8.46. The van der Waals surface area contributed by atoms with Crippen molar-refractivity contribution in [2.75, 3.05) is 11.9 Å². The molecule has 0 aliphatic carbocycles. The molecule has 1 fully saturated rings. The number of aryl methyl sites for hydroxylation is 1. The number of hydrogen-bond donors (Lipinski definition) is 2. The van der Waals surface area contributed by atoms with E-state index in [1.165, 1.54) is 0 Å². The number of nitrogens with one attached hydrogen (secondary N) is 2. The summed E-state index contributed by atoms with van der Waals surface area (Å²) in [5.41, 5.74) is 0.671. The first-order chi connectivity index (χ1) is 13.5. The van der Waals surface area contributed by atoms with Gasteiger partial charge in [0.15, 0.2) is 5.82 Å². The van der Waals surface area contributed by atoms with Crippen LogP contribution in [0.25, 0.3) is 0 Å². The molecule has 1 aromatic carbocycles. The smallest absolute Gasteiger partial charge is 0.325 e. The van der Waals surface area contributed by atoms with Gasteiger partial charge in [-0.05, 0) is 30.4 Å². The van der Waals surface area contributed by atoms with E-state index in [2.05, 4.69) is 36.6 Å². The summed E-state index contributed by atoms with van der Waals surface area (Å²) in [5.74, 6) is 0.134. The summed E-state index contributed by atoms with van der Waals surface area (Å²) in [6.07, 6.45) is -0.0376. The number of amides is 4. The highest BCUT2D eigenvalue weighted by molar-refractivity contribution is 6.07. The zero-order valence-electron chi connectivity index (χ0n) is 17.3. The fraction of sp³-hybridized carbons (Fsp3) is 0.429. The van der Waals surface area contributed by atoms with Crippen LogP contribution in [0.4, 0.5) is 10.6 Å². The van der Waals surface area contributed by atoms with Gasteiger partial charge in [0.25, 0.3) is 5.91 Å². The average molecular weight is 398 g/mol. The maximum Gasteiger partial charge on any atom is 0.325 e. The number of aromatic nitrogens is 1. The number of anilines is 1. The van der Waals surface area contributed by atoms with Gasteiger partial charge in [-0.2, -0.15) is 0 Å². The van der Waals surface area contributed by atoms with Crippen LogP contribution in [0, 0.1) is 6.92 Å². The van der Waals surface area contributed by atoms with Gasteiger partial charge in [-0.25, -0.2) is 4.79 Å². The Kier molecular flexibility index (Phi) is 5.21. The molecule has 0 saturated carbocycles. The van der Waals surface area contributed by atoms with Gasteiger partial charge < -0.3 is 15.2 Å². The van der Waals surface area contributed by atoms with Crippen molar-refractivity contribution >= 4 is 23.7 Å². The summed E-state index contributed by atoms with van der Waals surface area (Å²) >= 11 is 0. The minimum Gasteiger partial charge on any atom is -0.360 e. The van der Waals surface area contributed by atoms with Gasteiger partial charge in [-0.1, -0.05) is 50.2 Å². The van der Waals surface area contributed by atoms with Crippen molar-refractivity contribution in [3.05, 3.63) is 47.2 Å². The third-order valence-electron chi connectivity index (χ3n) is 5.06. The number of carbonyl (C=O) groups excluding carboxylic acids is 3. The molecular weight excluding hydrogens is 372 g/mol. The maximum absolute atomic E-state index is 13.0. The van der Waals surface area contributed by atoms with E-state index in [1.807, 2.05) is 24.3 Å². The average Bonchev–Trinajstić information content (AvgIpc) is 3.14. The molecule has 29 heavy (non-hydrogen) atoms. The third-order valence-corrected chi connectivity index (χ3v) is 5.06. The molecule has 2 N–H and O–H groups in total. The number of rotatable bonds is 5. The molecule has 0 spiro atoms. The highest BCUT2D eigenvalue weighted by Gasteiger charge is 2.48. The van der Waals surface area contributed by atoms with Gasteiger partial charge in [0.1, 0.15) is 11.3 Å². The van der Waals surface area contributed by atoms with Crippen molar-refractivity contribution < 1.29 is 18.9 Å². The number of urea groups is 1. The quantitative estimate of drug-likeness (QED) is 0.753. The molecule has 3 rings (SSSR count). The third kappa shape index (κ3) is 4.16. The standard InChI is InChI=1S/C21H26N4O4/c1-13-12-16(24-29-13)22-17(26)10-11-25-18(27)21(5,23-19(25)28)15-8-6-14(7-9-15)20(2,3)4/h6-9,12H,10-11H2,1-5H3,(H,23,28)(H,22,24,26).